The Morgan fingerprint density at radius 1 is 1.05 bits per heavy atom. The molecule has 0 saturated heterocycles. The molecule has 20 heavy (non-hydrogen) atoms. The highest BCUT2D eigenvalue weighted by atomic mass is 14.9. The molecule has 0 aliphatic heterocycles. The first-order valence-corrected chi connectivity index (χ1v) is 7.06. The summed E-state index contributed by atoms with van der Waals surface area (Å²) in [4.78, 5) is 9.19. The van der Waals surface area contributed by atoms with Gasteiger partial charge in [0.25, 0.3) is 0 Å². The molecule has 2 aromatic rings. The Balaban J connectivity index is 2.55. The summed E-state index contributed by atoms with van der Waals surface area (Å²) >= 11 is 0. The maximum Gasteiger partial charge on any atom is 0.134 e. The van der Waals surface area contributed by atoms with Crippen molar-refractivity contribution < 1.29 is 0 Å². The molecule has 2 rings (SSSR count). The van der Waals surface area contributed by atoms with Crippen LogP contribution in [-0.4, -0.2) is 9.97 Å². The van der Waals surface area contributed by atoms with Gasteiger partial charge in [-0.15, -0.1) is 0 Å². The molecule has 1 aromatic carbocycles. The van der Waals surface area contributed by atoms with E-state index < -0.39 is 0 Å². The predicted octanol–water partition coefficient (Wildman–Crippen LogP) is 4.99. The van der Waals surface area contributed by atoms with E-state index in [1.165, 1.54) is 0 Å². The molecule has 2 heteroatoms. The maximum atomic E-state index is 4.72. The van der Waals surface area contributed by atoms with Gasteiger partial charge in [-0.1, -0.05) is 60.3 Å². The predicted molar refractivity (Wildman–Crippen MR) is 86.7 cm³/mol. The van der Waals surface area contributed by atoms with Crippen LogP contribution in [0.2, 0.25) is 0 Å². The number of allylic oxidation sites excluding steroid dienone is 1. The van der Waals surface area contributed by atoms with Crippen LogP contribution in [-0.2, 0) is 5.41 Å². The fourth-order valence-corrected chi connectivity index (χ4v) is 2.01. The van der Waals surface area contributed by atoms with E-state index in [-0.39, 0.29) is 10.8 Å². The van der Waals surface area contributed by atoms with Gasteiger partial charge in [0.15, 0.2) is 0 Å². The number of hydrogen-bond donors (Lipinski definition) is 0. The van der Waals surface area contributed by atoms with Crippen molar-refractivity contribution in [1.82, 2.24) is 9.97 Å². The lowest BCUT2D eigenvalue weighted by Gasteiger charge is -2.22. The van der Waals surface area contributed by atoms with Gasteiger partial charge in [0, 0.05) is 17.0 Å². The first kappa shape index (κ1) is 14.7. The first-order valence-electron chi connectivity index (χ1n) is 7.06. The average Bonchev–Trinajstić information content (AvgIpc) is 2.34. The van der Waals surface area contributed by atoms with Crippen molar-refractivity contribution in [3.05, 3.63) is 42.4 Å². The Morgan fingerprint density at radius 2 is 1.70 bits per heavy atom. The summed E-state index contributed by atoms with van der Waals surface area (Å²) in [7, 11) is 0. The van der Waals surface area contributed by atoms with Crippen molar-refractivity contribution in [3.63, 3.8) is 0 Å². The lowest BCUT2D eigenvalue weighted by molar-refractivity contribution is 0.548. The number of fused-ring (bicyclic) bond motifs is 1. The van der Waals surface area contributed by atoms with Crippen LogP contribution in [0.3, 0.4) is 0 Å². The van der Waals surface area contributed by atoms with Crippen molar-refractivity contribution in [2.45, 2.75) is 47.0 Å². The Hall–Kier alpha value is -1.70. The molecule has 0 atom stereocenters. The minimum absolute atomic E-state index is 0.0365. The van der Waals surface area contributed by atoms with E-state index in [9.17, 15) is 0 Å². The second-order valence-corrected chi connectivity index (χ2v) is 7.45. The summed E-state index contributed by atoms with van der Waals surface area (Å²) in [5, 5.41) is 1.07. The van der Waals surface area contributed by atoms with Gasteiger partial charge in [0.1, 0.15) is 5.82 Å². The molecule has 0 bridgehead atoms. The zero-order chi connectivity index (χ0) is 15.1. The molecule has 0 spiro atoms. The van der Waals surface area contributed by atoms with Gasteiger partial charge in [0.2, 0.25) is 0 Å². The van der Waals surface area contributed by atoms with Crippen molar-refractivity contribution in [3.8, 4) is 0 Å². The molecule has 0 N–H and O–H groups in total. The standard InChI is InChI=1S/C18H24N2/c1-12(17(2,3)4)13-8-9-14-11-19-16(18(5,6)7)20-15(14)10-13/h8-11H,1H2,2-7H3. The van der Waals surface area contributed by atoms with Gasteiger partial charge >= 0.3 is 0 Å². The molecule has 0 amide bonds. The van der Waals surface area contributed by atoms with Crippen molar-refractivity contribution in [2.75, 3.05) is 0 Å². The summed E-state index contributed by atoms with van der Waals surface area (Å²) in [5.41, 5.74) is 3.31. The van der Waals surface area contributed by atoms with Crippen LogP contribution >= 0.6 is 0 Å². The van der Waals surface area contributed by atoms with Gasteiger partial charge in [0.05, 0.1) is 5.52 Å². The third-order valence-corrected chi connectivity index (χ3v) is 3.51. The summed E-state index contributed by atoms with van der Waals surface area (Å²) in [6, 6.07) is 6.31. The summed E-state index contributed by atoms with van der Waals surface area (Å²) < 4.78 is 0. The molecule has 0 radical (unpaired) electrons. The van der Waals surface area contributed by atoms with E-state index in [0.717, 1.165) is 27.9 Å². The van der Waals surface area contributed by atoms with E-state index >= 15 is 0 Å². The monoisotopic (exact) mass is 268 g/mol. The topological polar surface area (TPSA) is 25.8 Å². The zero-order valence-corrected chi connectivity index (χ0v) is 13.4. The van der Waals surface area contributed by atoms with Crippen LogP contribution in [0, 0.1) is 5.41 Å². The molecular formula is C18H24N2. The highest BCUT2D eigenvalue weighted by Crippen LogP contribution is 2.33. The van der Waals surface area contributed by atoms with Gasteiger partial charge in [-0.2, -0.15) is 0 Å². The van der Waals surface area contributed by atoms with Crippen LogP contribution in [0.15, 0.2) is 31.0 Å². The molecule has 106 valence electrons. The fraction of sp³-hybridized carbons (Fsp3) is 0.444. The molecule has 0 saturated carbocycles. The number of benzene rings is 1. The highest BCUT2D eigenvalue weighted by Gasteiger charge is 2.19. The normalized spacial score (nSPS) is 12.7. The molecular weight excluding hydrogens is 244 g/mol. The Labute approximate surface area is 122 Å². The highest BCUT2D eigenvalue weighted by molar-refractivity contribution is 5.83. The molecule has 0 unspecified atom stereocenters. The molecule has 1 aromatic heterocycles. The van der Waals surface area contributed by atoms with Gasteiger partial charge in [-0.05, 0) is 22.6 Å². The van der Waals surface area contributed by atoms with Crippen molar-refractivity contribution in [1.29, 1.82) is 0 Å². The summed E-state index contributed by atoms with van der Waals surface area (Å²) in [6.07, 6.45) is 1.91. The molecule has 0 aliphatic rings. The average molecular weight is 268 g/mol. The fourth-order valence-electron chi connectivity index (χ4n) is 2.01. The van der Waals surface area contributed by atoms with E-state index in [1.807, 2.05) is 6.20 Å². The lowest BCUT2D eigenvalue weighted by Crippen LogP contribution is -2.15. The molecule has 1 heterocycles. The minimum atomic E-state index is -0.0365. The second kappa shape index (κ2) is 4.69. The van der Waals surface area contributed by atoms with Crippen molar-refractivity contribution >= 4 is 16.5 Å². The Morgan fingerprint density at radius 3 is 2.25 bits per heavy atom. The van der Waals surface area contributed by atoms with Gasteiger partial charge in [-0.3, -0.25) is 0 Å². The van der Waals surface area contributed by atoms with Gasteiger partial charge in [-0.25, -0.2) is 9.97 Å². The largest absolute Gasteiger partial charge is 0.240 e. The first-order chi connectivity index (χ1) is 9.09. The lowest BCUT2D eigenvalue weighted by atomic mass is 9.83. The van der Waals surface area contributed by atoms with Crippen molar-refractivity contribution in [2.24, 2.45) is 5.41 Å². The minimum Gasteiger partial charge on any atom is -0.240 e. The third kappa shape index (κ3) is 2.90. The SMILES string of the molecule is C=C(c1ccc2cnc(C(C)(C)C)nc2c1)C(C)(C)C. The Kier molecular flexibility index (Phi) is 3.45. The second-order valence-electron chi connectivity index (χ2n) is 7.45. The van der Waals surface area contributed by atoms with Crippen LogP contribution < -0.4 is 0 Å². The molecule has 0 fully saturated rings. The van der Waals surface area contributed by atoms with Crippen LogP contribution in [0.1, 0.15) is 52.9 Å². The van der Waals surface area contributed by atoms with Crippen LogP contribution in [0.5, 0.6) is 0 Å². The quantitative estimate of drug-likeness (QED) is 0.728. The van der Waals surface area contributed by atoms with E-state index in [0.29, 0.717) is 0 Å². The molecule has 0 aliphatic carbocycles. The Bertz CT molecular complexity index is 655. The van der Waals surface area contributed by atoms with E-state index in [1.54, 1.807) is 0 Å². The third-order valence-electron chi connectivity index (χ3n) is 3.51. The number of hydrogen-bond acceptors (Lipinski definition) is 2. The van der Waals surface area contributed by atoms with Crippen LogP contribution in [0.4, 0.5) is 0 Å². The number of rotatable bonds is 1. The number of nitrogens with zero attached hydrogens (tertiary/aromatic N) is 2. The maximum absolute atomic E-state index is 4.72. The van der Waals surface area contributed by atoms with Gasteiger partial charge < -0.3 is 0 Å². The van der Waals surface area contributed by atoms with Crippen LogP contribution in [0.25, 0.3) is 16.5 Å². The number of aromatic nitrogens is 2. The summed E-state index contributed by atoms with van der Waals surface area (Å²) in [5.74, 6) is 0.878. The summed E-state index contributed by atoms with van der Waals surface area (Å²) in [6.45, 7) is 17.2. The van der Waals surface area contributed by atoms with E-state index in [4.69, 9.17) is 4.98 Å². The van der Waals surface area contributed by atoms with E-state index in [2.05, 4.69) is 71.3 Å². The smallest absolute Gasteiger partial charge is 0.134 e. The molecule has 2 nitrogen and oxygen atoms in total. The zero-order valence-electron chi connectivity index (χ0n) is 13.4.